The van der Waals surface area contributed by atoms with E-state index in [9.17, 15) is 0 Å². The number of pyridine rings is 1. The molecule has 0 fully saturated rings. The second-order valence-corrected chi connectivity index (χ2v) is 4.38. The molecule has 0 radical (unpaired) electrons. The monoisotopic (exact) mass is 218 g/mol. The van der Waals surface area contributed by atoms with Gasteiger partial charge in [-0.15, -0.1) is 6.58 Å². The SMILES string of the molecule is C=C(C)CCC(CCc1cccnc1)NC. The van der Waals surface area contributed by atoms with Gasteiger partial charge in [-0.25, -0.2) is 0 Å². The van der Waals surface area contributed by atoms with Crippen LogP contribution in [0.2, 0.25) is 0 Å². The van der Waals surface area contributed by atoms with E-state index in [0.29, 0.717) is 6.04 Å². The standard InChI is InChI=1S/C14H22N2/c1-12(2)6-8-14(15-3)9-7-13-5-4-10-16-11-13/h4-5,10-11,14-15H,1,6-9H2,2-3H3. The zero-order valence-corrected chi connectivity index (χ0v) is 10.4. The first-order chi connectivity index (χ1) is 7.72. The molecule has 1 N–H and O–H groups in total. The first-order valence-corrected chi connectivity index (χ1v) is 5.93. The first-order valence-electron chi connectivity index (χ1n) is 5.93. The van der Waals surface area contributed by atoms with Gasteiger partial charge in [0.15, 0.2) is 0 Å². The number of allylic oxidation sites excluding steroid dienone is 1. The summed E-state index contributed by atoms with van der Waals surface area (Å²) in [5.41, 5.74) is 2.58. The van der Waals surface area contributed by atoms with E-state index in [4.69, 9.17) is 0 Å². The lowest BCUT2D eigenvalue weighted by atomic mass is 10.0. The summed E-state index contributed by atoms with van der Waals surface area (Å²) in [5, 5.41) is 3.37. The highest BCUT2D eigenvalue weighted by Crippen LogP contribution is 2.10. The molecule has 0 saturated heterocycles. The predicted molar refractivity (Wildman–Crippen MR) is 69.5 cm³/mol. The molecule has 1 heterocycles. The van der Waals surface area contributed by atoms with Crippen molar-refractivity contribution in [3.05, 3.63) is 42.2 Å². The van der Waals surface area contributed by atoms with E-state index >= 15 is 0 Å². The molecule has 0 spiro atoms. The zero-order valence-electron chi connectivity index (χ0n) is 10.4. The van der Waals surface area contributed by atoms with Crippen molar-refractivity contribution in [1.29, 1.82) is 0 Å². The van der Waals surface area contributed by atoms with Crippen molar-refractivity contribution in [2.24, 2.45) is 0 Å². The smallest absolute Gasteiger partial charge is 0.0299 e. The topological polar surface area (TPSA) is 24.9 Å². The van der Waals surface area contributed by atoms with Gasteiger partial charge < -0.3 is 5.32 Å². The summed E-state index contributed by atoms with van der Waals surface area (Å²) in [5.74, 6) is 0. The molecule has 0 saturated carbocycles. The van der Waals surface area contributed by atoms with E-state index in [0.717, 1.165) is 19.3 Å². The van der Waals surface area contributed by atoms with Crippen molar-refractivity contribution in [2.75, 3.05) is 7.05 Å². The van der Waals surface area contributed by atoms with Gasteiger partial charge >= 0.3 is 0 Å². The van der Waals surface area contributed by atoms with Crippen LogP contribution in [-0.4, -0.2) is 18.1 Å². The number of nitrogens with one attached hydrogen (secondary N) is 1. The molecule has 1 atom stereocenters. The highest BCUT2D eigenvalue weighted by atomic mass is 14.9. The largest absolute Gasteiger partial charge is 0.317 e. The number of nitrogens with zero attached hydrogens (tertiary/aromatic N) is 1. The molecule has 0 aliphatic carbocycles. The van der Waals surface area contributed by atoms with E-state index < -0.39 is 0 Å². The van der Waals surface area contributed by atoms with Gasteiger partial charge in [-0.1, -0.05) is 11.6 Å². The number of hydrogen-bond acceptors (Lipinski definition) is 2. The van der Waals surface area contributed by atoms with Crippen molar-refractivity contribution in [1.82, 2.24) is 10.3 Å². The molecular formula is C14H22N2. The number of aromatic nitrogens is 1. The molecule has 0 aromatic carbocycles. The Morgan fingerprint density at radius 2 is 2.31 bits per heavy atom. The summed E-state index contributed by atoms with van der Waals surface area (Å²) >= 11 is 0. The van der Waals surface area contributed by atoms with E-state index in [2.05, 4.69) is 29.9 Å². The Bertz CT molecular complexity index is 306. The lowest BCUT2D eigenvalue weighted by Crippen LogP contribution is -2.25. The fourth-order valence-electron chi connectivity index (χ4n) is 1.74. The Kier molecular flexibility index (Phi) is 5.79. The van der Waals surface area contributed by atoms with Crippen LogP contribution in [0.25, 0.3) is 0 Å². The Labute approximate surface area is 98.8 Å². The van der Waals surface area contributed by atoms with Gasteiger partial charge in [0.05, 0.1) is 0 Å². The van der Waals surface area contributed by atoms with Crippen LogP contribution in [0.1, 0.15) is 31.7 Å². The Morgan fingerprint density at radius 1 is 1.50 bits per heavy atom. The van der Waals surface area contributed by atoms with Gasteiger partial charge in [-0.05, 0) is 51.3 Å². The molecule has 2 nitrogen and oxygen atoms in total. The third-order valence-corrected chi connectivity index (χ3v) is 2.83. The Balaban J connectivity index is 2.31. The van der Waals surface area contributed by atoms with Gasteiger partial charge in [0.25, 0.3) is 0 Å². The maximum absolute atomic E-state index is 4.13. The van der Waals surface area contributed by atoms with Crippen LogP contribution >= 0.6 is 0 Å². The highest BCUT2D eigenvalue weighted by molar-refractivity contribution is 5.08. The molecule has 0 bridgehead atoms. The summed E-state index contributed by atoms with van der Waals surface area (Å²) in [4.78, 5) is 4.13. The normalized spacial score (nSPS) is 12.4. The molecule has 16 heavy (non-hydrogen) atoms. The first kappa shape index (κ1) is 12.9. The maximum atomic E-state index is 4.13. The molecular weight excluding hydrogens is 196 g/mol. The van der Waals surface area contributed by atoms with Crippen LogP contribution in [0.4, 0.5) is 0 Å². The Hall–Kier alpha value is -1.15. The highest BCUT2D eigenvalue weighted by Gasteiger charge is 2.06. The number of aryl methyl sites for hydroxylation is 1. The van der Waals surface area contributed by atoms with Gasteiger partial charge in [-0.3, -0.25) is 4.98 Å². The van der Waals surface area contributed by atoms with Crippen molar-refractivity contribution >= 4 is 0 Å². The molecule has 88 valence electrons. The summed E-state index contributed by atoms with van der Waals surface area (Å²) in [7, 11) is 2.03. The fraction of sp³-hybridized carbons (Fsp3) is 0.500. The van der Waals surface area contributed by atoms with Crippen molar-refractivity contribution in [2.45, 2.75) is 38.6 Å². The van der Waals surface area contributed by atoms with Crippen molar-refractivity contribution in [3.8, 4) is 0 Å². The molecule has 1 aromatic rings. The Morgan fingerprint density at radius 3 is 2.88 bits per heavy atom. The van der Waals surface area contributed by atoms with Crippen LogP contribution in [-0.2, 0) is 6.42 Å². The quantitative estimate of drug-likeness (QED) is 0.712. The molecule has 0 aliphatic rings. The van der Waals surface area contributed by atoms with E-state index in [1.54, 1.807) is 0 Å². The van der Waals surface area contributed by atoms with Crippen LogP contribution in [0.5, 0.6) is 0 Å². The zero-order chi connectivity index (χ0) is 11.8. The van der Waals surface area contributed by atoms with Crippen LogP contribution in [0.3, 0.4) is 0 Å². The molecule has 1 rings (SSSR count). The van der Waals surface area contributed by atoms with Crippen molar-refractivity contribution in [3.63, 3.8) is 0 Å². The third-order valence-electron chi connectivity index (χ3n) is 2.83. The van der Waals surface area contributed by atoms with Crippen LogP contribution in [0, 0.1) is 0 Å². The summed E-state index contributed by atoms with van der Waals surface area (Å²) < 4.78 is 0. The average Bonchev–Trinajstić information content (AvgIpc) is 2.30. The maximum Gasteiger partial charge on any atom is 0.0299 e. The summed E-state index contributed by atoms with van der Waals surface area (Å²) in [6.07, 6.45) is 8.31. The van der Waals surface area contributed by atoms with Gasteiger partial charge in [0.1, 0.15) is 0 Å². The number of rotatable bonds is 7. The van der Waals surface area contributed by atoms with E-state index in [1.165, 1.54) is 17.6 Å². The fourth-order valence-corrected chi connectivity index (χ4v) is 1.74. The molecule has 0 aliphatic heterocycles. The average molecular weight is 218 g/mol. The minimum Gasteiger partial charge on any atom is -0.317 e. The van der Waals surface area contributed by atoms with Crippen LogP contribution in [0.15, 0.2) is 36.7 Å². The molecule has 0 amide bonds. The van der Waals surface area contributed by atoms with Gasteiger partial charge in [-0.2, -0.15) is 0 Å². The third kappa shape index (κ3) is 5.08. The van der Waals surface area contributed by atoms with Gasteiger partial charge in [0, 0.05) is 18.4 Å². The molecule has 1 unspecified atom stereocenters. The van der Waals surface area contributed by atoms with Gasteiger partial charge in [0.2, 0.25) is 0 Å². The van der Waals surface area contributed by atoms with E-state index in [1.807, 2.05) is 25.5 Å². The van der Waals surface area contributed by atoms with Crippen molar-refractivity contribution < 1.29 is 0 Å². The lowest BCUT2D eigenvalue weighted by molar-refractivity contribution is 0.488. The minimum atomic E-state index is 0.580. The number of hydrogen-bond donors (Lipinski definition) is 1. The summed E-state index contributed by atoms with van der Waals surface area (Å²) in [6, 6.07) is 4.72. The molecule has 2 heteroatoms. The second-order valence-electron chi connectivity index (χ2n) is 4.38. The van der Waals surface area contributed by atoms with Crippen LogP contribution < -0.4 is 5.32 Å². The minimum absolute atomic E-state index is 0.580. The summed E-state index contributed by atoms with van der Waals surface area (Å²) in [6.45, 7) is 6.03. The second kappa shape index (κ2) is 7.18. The van der Waals surface area contributed by atoms with E-state index in [-0.39, 0.29) is 0 Å². The lowest BCUT2D eigenvalue weighted by Gasteiger charge is -2.15. The molecule has 1 aromatic heterocycles. The predicted octanol–water partition coefficient (Wildman–Crippen LogP) is 2.96.